The highest BCUT2D eigenvalue weighted by atomic mass is 35.5. The Morgan fingerprint density at radius 1 is 1.14 bits per heavy atom. The van der Waals surface area contributed by atoms with Crippen LogP contribution in [-0.4, -0.2) is 65.4 Å². The minimum atomic E-state index is -1.00. The van der Waals surface area contributed by atoms with Crippen LogP contribution in [0, 0.1) is 11.8 Å². The molecular weight excluding hydrogens is 584 g/mol. The van der Waals surface area contributed by atoms with E-state index in [2.05, 4.69) is 20.5 Å². The van der Waals surface area contributed by atoms with Gasteiger partial charge in [-0.2, -0.15) is 0 Å². The number of ether oxygens (including phenoxy) is 5. The molecule has 0 radical (unpaired) electrons. The summed E-state index contributed by atoms with van der Waals surface area (Å²) in [4.78, 5) is 24.4. The minimum absolute atomic E-state index is 0.131. The highest BCUT2D eigenvalue weighted by molar-refractivity contribution is 6.30. The van der Waals surface area contributed by atoms with Gasteiger partial charge in [0.15, 0.2) is 11.5 Å². The number of rotatable bonds is 8. The second-order valence-corrected chi connectivity index (χ2v) is 12.6. The average molecular weight is 617 g/mol. The second kappa shape index (κ2) is 10.4. The Morgan fingerprint density at radius 2 is 1.95 bits per heavy atom. The first-order valence-electron chi connectivity index (χ1n) is 15.0. The average Bonchev–Trinajstić information content (AvgIpc) is 3.29. The number of benzene rings is 2. The number of fused-ring (bicyclic) bond motifs is 3. The Bertz CT molecular complexity index is 1760. The van der Waals surface area contributed by atoms with Gasteiger partial charge in [-0.3, -0.25) is 9.88 Å². The molecule has 2 aromatic heterocycles. The molecule has 0 bridgehead atoms. The number of imidazole rings is 1. The number of nitrogens with zero attached hydrogens (tertiary/aromatic N) is 4. The molecule has 0 amide bonds. The Kier molecular flexibility index (Phi) is 6.51. The number of aromatic nitrogens is 3. The molecule has 3 fully saturated rings. The van der Waals surface area contributed by atoms with Crippen molar-refractivity contribution in [2.24, 2.45) is 11.8 Å². The molecule has 11 heteroatoms. The molecule has 3 aliphatic heterocycles. The van der Waals surface area contributed by atoms with E-state index in [1.54, 1.807) is 25.4 Å². The number of pyridine rings is 1. The molecule has 4 aromatic rings. The molecule has 44 heavy (non-hydrogen) atoms. The van der Waals surface area contributed by atoms with E-state index in [1.807, 2.05) is 31.2 Å². The van der Waals surface area contributed by atoms with Gasteiger partial charge in [-0.15, -0.1) is 0 Å². The summed E-state index contributed by atoms with van der Waals surface area (Å²) in [6.07, 6.45) is 2.75. The van der Waals surface area contributed by atoms with Crippen LogP contribution in [0.2, 0.25) is 5.02 Å². The van der Waals surface area contributed by atoms with Gasteiger partial charge in [-0.05, 0) is 54.5 Å². The van der Waals surface area contributed by atoms with Gasteiger partial charge in [-0.25, -0.2) is 9.78 Å². The van der Waals surface area contributed by atoms with Crippen molar-refractivity contribution >= 4 is 28.6 Å². The van der Waals surface area contributed by atoms with Crippen LogP contribution in [-0.2, 0) is 28.4 Å². The van der Waals surface area contributed by atoms with E-state index in [-0.39, 0.29) is 6.10 Å². The normalized spacial score (nSPS) is 26.8. The van der Waals surface area contributed by atoms with E-state index < -0.39 is 11.8 Å². The number of likely N-dealkylation sites (tertiary alicyclic amines) is 1. The number of halogens is 1. The highest BCUT2D eigenvalue weighted by Gasteiger charge is 2.58. The van der Waals surface area contributed by atoms with Crippen molar-refractivity contribution in [1.82, 2.24) is 19.4 Å². The van der Waals surface area contributed by atoms with Crippen LogP contribution < -0.4 is 14.2 Å². The molecule has 1 saturated carbocycles. The number of hydrogen-bond acceptors (Lipinski definition) is 9. The molecule has 1 unspecified atom stereocenters. The zero-order valence-electron chi connectivity index (χ0n) is 24.8. The third-order valence-corrected chi connectivity index (χ3v) is 9.74. The number of esters is 1. The predicted octanol–water partition coefficient (Wildman–Crippen LogP) is 5.16. The summed E-state index contributed by atoms with van der Waals surface area (Å²) in [7, 11) is 2.98. The molecular formula is C33H33ClN4O6. The van der Waals surface area contributed by atoms with E-state index in [0.29, 0.717) is 52.9 Å². The maximum absolute atomic E-state index is 12.4. The fourth-order valence-electron chi connectivity index (χ4n) is 7.15. The van der Waals surface area contributed by atoms with Crippen molar-refractivity contribution < 1.29 is 28.5 Å². The summed E-state index contributed by atoms with van der Waals surface area (Å²) in [6, 6.07) is 13.4. The van der Waals surface area contributed by atoms with Crippen LogP contribution in [0.25, 0.3) is 11.0 Å². The van der Waals surface area contributed by atoms with Crippen LogP contribution in [0.1, 0.15) is 46.7 Å². The van der Waals surface area contributed by atoms with Crippen molar-refractivity contribution in [3.63, 3.8) is 0 Å². The van der Waals surface area contributed by atoms with Gasteiger partial charge in [0.1, 0.15) is 22.8 Å². The number of hydrogen-bond donors (Lipinski definition) is 0. The molecule has 2 saturated heterocycles. The van der Waals surface area contributed by atoms with E-state index in [9.17, 15) is 4.79 Å². The smallest absolute Gasteiger partial charge is 0.338 e. The highest BCUT2D eigenvalue weighted by Crippen LogP contribution is 2.62. The number of para-hydroxylation sites is 1. The SMILES string of the molecule is COC(=O)c1cc(OC)c2nc(CN3C[C@@H]4C(c5cccc6c5O[C@](C)(c5ccc(Cl)cn5)O6)[C@@H]4C3)n(C[C@@H]3CCO3)c2c1. The first-order valence-corrected chi connectivity index (χ1v) is 15.4. The quantitative estimate of drug-likeness (QED) is 0.249. The lowest BCUT2D eigenvalue weighted by molar-refractivity contribution is -0.0721. The summed E-state index contributed by atoms with van der Waals surface area (Å²) in [6.45, 7) is 5.97. The first kappa shape index (κ1) is 27.7. The van der Waals surface area contributed by atoms with Gasteiger partial charge >= 0.3 is 5.97 Å². The monoisotopic (exact) mass is 616 g/mol. The van der Waals surface area contributed by atoms with Crippen molar-refractivity contribution in [3.05, 3.63) is 76.3 Å². The fraction of sp³-hybridized carbons (Fsp3) is 0.424. The predicted molar refractivity (Wildman–Crippen MR) is 161 cm³/mol. The van der Waals surface area contributed by atoms with Crippen molar-refractivity contribution in [3.8, 4) is 17.2 Å². The van der Waals surface area contributed by atoms with Crippen LogP contribution in [0.5, 0.6) is 17.2 Å². The molecule has 10 nitrogen and oxygen atoms in total. The van der Waals surface area contributed by atoms with Crippen LogP contribution >= 0.6 is 11.6 Å². The zero-order chi connectivity index (χ0) is 30.2. The number of carbonyl (C=O) groups is 1. The second-order valence-electron chi connectivity index (χ2n) is 12.2. The third kappa shape index (κ3) is 4.50. The molecule has 0 spiro atoms. The Balaban J connectivity index is 1.02. The summed E-state index contributed by atoms with van der Waals surface area (Å²) in [5, 5.41) is 0.570. The molecule has 228 valence electrons. The molecule has 4 aliphatic rings. The summed E-state index contributed by atoms with van der Waals surface area (Å²) < 4.78 is 31.4. The van der Waals surface area contributed by atoms with Crippen molar-refractivity contribution in [1.29, 1.82) is 0 Å². The maximum Gasteiger partial charge on any atom is 0.338 e. The molecule has 0 N–H and O–H groups in total. The summed E-state index contributed by atoms with van der Waals surface area (Å²) in [5.41, 5.74) is 3.91. The fourth-order valence-corrected chi connectivity index (χ4v) is 7.26. The Hall–Kier alpha value is -3.86. The van der Waals surface area contributed by atoms with Gasteiger partial charge in [0.2, 0.25) is 0 Å². The lowest BCUT2D eigenvalue weighted by atomic mass is 10.0. The number of piperidine rings is 1. The number of methoxy groups -OCH3 is 2. The van der Waals surface area contributed by atoms with Gasteiger partial charge < -0.3 is 28.3 Å². The van der Waals surface area contributed by atoms with Gasteiger partial charge in [0.25, 0.3) is 5.79 Å². The third-order valence-electron chi connectivity index (χ3n) is 9.52. The van der Waals surface area contributed by atoms with Crippen molar-refractivity contribution in [2.45, 2.75) is 44.2 Å². The largest absolute Gasteiger partial charge is 0.494 e. The lowest BCUT2D eigenvalue weighted by Crippen LogP contribution is -2.33. The van der Waals surface area contributed by atoms with Gasteiger partial charge in [-0.1, -0.05) is 23.7 Å². The topological polar surface area (TPSA) is 97.2 Å². The number of carbonyl (C=O) groups excluding carboxylic acids is 1. The van der Waals surface area contributed by atoms with Crippen LogP contribution in [0.4, 0.5) is 0 Å². The van der Waals surface area contributed by atoms with E-state index in [4.69, 9.17) is 40.3 Å². The van der Waals surface area contributed by atoms with Gasteiger partial charge in [0.05, 0.1) is 49.5 Å². The van der Waals surface area contributed by atoms with Crippen LogP contribution in [0.15, 0.2) is 48.7 Å². The van der Waals surface area contributed by atoms with E-state index >= 15 is 0 Å². The van der Waals surface area contributed by atoms with Crippen molar-refractivity contribution in [2.75, 3.05) is 33.9 Å². The minimum Gasteiger partial charge on any atom is -0.494 e. The molecule has 8 rings (SSSR count). The van der Waals surface area contributed by atoms with Gasteiger partial charge in [0, 0.05) is 38.4 Å². The molecule has 2 aromatic carbocycles. The zero-order valence-corrected chi connectivity index (χ0v) is 25.5. The molecule has 1 aliphatic carbocycles. The standard InChI is InChI=1S/C33H33ClN4O6/c1-33(27-8-7-19(34)13-35-27)43-25-6-4-5-21(31(25)44-33)29-22-15-37(16-23(22)29)17-28-36-30-24(38(28)14-20-9-10-42-20)11-18(32(39)41-3)12-26(30)40-2/h4-8,11-13,20,22-23,29H,9-10,14-17H2,1-3H3/t20-,22-,23+,29?,33+/m0/s1. The van der Waals surface area contributed by atoms with Crippen LogP contribution in [0.3, 0.4) is 0 Å². The molecule has 5 heterocycles. The maximum atomic E-state index is 12.4. The Morgan fingerprint density at radius 3 is 2.64 bits per heavy atom. The Labute approximate surface area is 259 Å². The summed E-state index contributed by atoms with van der Waals surface area (Å²) in [5.74, 6) is 3.12. The molecule has 5 atom stereocenters. The van der Waals surface area contributed by atoms with E-state index in [1.165, 1.54) is 12.7 Å². The lowest BCUT2D eigenvalue weighted by Gasteiger charge is -2.28. The first-order chi connectivity index (χ1) is 21.3. The van der Waals surface area contributed by atoms with E-state index in [0.717, 1.165) is 54.5 Å². The summed E-state index contributed by atoms with van der Waals surface area (Å²) >= 11 is 6.06.